The Morgan fingerprint density at radius 1 is 1.56 bits per heavy atom. The van der Waals surface area contributed by atoms with Crippen LogP contribution in [0.3, 0.4) is 0 Å². The summed E-state index contributed by atoms with van der Waals surface area (Å²) >= 11 is 6.97. The van der Waals surface area contributed by atoms with Crippen molar-refractivity contribution in [1.29, 1.82) is 0 Å². The molecule has 1 aromatic rings. The number of halogens is 1. The molecular weight excluding hydrogens is 296 g/mol. The zero-order valence-electron chi connectivity index (χ0n) is 9.98. The van der Waals surface area contributed by atoms with E-state index in [-0.39, 0.29) is 30.4 Å². The van der Waals surface area contributed by atoms with Crippen LogP contribution >= 0.6 is 22.9 Å². The van der Waals surface area contributed by atoms with E-state index < -0.39 is 9.84 Å². The second kappa shape index (κ2) is 7.06. The summed E-state index contributed by atoms with van der Waals surface area (Å²) in [6.45, 7) is 1.73. The standard InChI is InChI=1S/C10H15ClN2O3S2/c1-2-18(15,16)4-3-12-9(14)5-10-13-8(6-11)7-17-10/h7H,2-6H2,1H3,(H,12,14). The van der Waals surface area contributed by atoms with Crippen molar-refractivity contribution in [3.05, 3.63) is 16.1 Å². The van der Waals surface area contributed by atoms with Crippen molar-refractivity contribution in [1.82, 2.24) is 10.3 Å². The van der Waals surface area contributed by atoms with Gasteiger partial charge in [-0.3, -0.25) is 4.79 Å². The number of carbonyl (C=O) groups excluding carboxylic acids is 1. The fourth-order valence-electron chi connectivity index (χ4n) is 1.18. The first-order chi connectivity index (χ1) is 8.46. The monoisotopic (exact) mass is 310 g/mol. The highest BCUT2D eigenvalue weighted by atomic mass is 35.5. The summed E-state index contributed by atoms with van der Waals surface area (Å²) in [6.07, 6.45) is 0.160. The molecule has 1 aromatic heterocycles. The van der Waals surface area contributed by atoms with E-state index in [4.69, 9.17) is 11.6 Å². The van der Waals surface area contributed by atoms with Crippen LogP contribution in [0.2, 0.25) is 0 Å². The van der Waals surface area contributed by atoms with E-state index in [0.717, 1.165) is 5.69 Å². The van der Waals surface area contributed by atoms with Crippen LogP contribution in [0.1, 0.15) is 17.6 Å². The Bertz CT molecular complexity index is 499. The van der Waals surface area contributed by atoms with Gasteiger partial charge in [0.1, 0.15) is 5.01 Å². The maximum Gasteiger partial charge on any atom is 0.226 e. The van der Waals surface area contributed by atoms with Crippen molar-refractivity contribution in [3.8, 4) is 0 Å². The van der Waals surface area contributed by atoms with E-state index in [0.29, 0.717) is 10.9 Å². The van der Waals surface area contributed by atoms with Gasteiger partial charge in [0.25, 0.3) is 0 Å². The first kappa shape index (κ1) is 15.4. The quantitative estimate of drug-likeness (QED) is 0.762. The molecule has 1 rings (SSSR count). The third-order valence-electron chi connectivity index (χ3n) is 2.22. The summed E-state index contributed by atoms with van der Waals surface area (Å²) in [5.74, 6) is 0.165. The number of alkyl halides is 1. The maximum atomic E-state index is 11.5. The van der Waals surface area contributed by atoms with Gasteiger partial charge < -0.3 is 5.32 Å². The van der Waals surface area contributed by atoms with Gasteiger partial charge in [-0.05, 0) is 0 Å². The molecule has 0 radical (unpaired) electrons. The third kappa shape index (κ3) is 5.32. The van der Waals surface area contributed by atoms with Crippen LogP contribution in [0.15, 0.2) is 5.38 Å². The van der Waals surface area contributed by atoms with Crippen molar-refractivity contribution in [2.75, 3.05) is 18.1 Å². The normalized spacial score (nSPS) is 11.4. The third-order valence-corrected chi connectivity index (χ3v) is 5.10. The molecule has 0 aliphatic heterocycles. The highest BCUT2D eigenvalue weighted by molar-refractivity contribution is 7.91. The minimum Gasteiger partial charge on any atom is -0.355 e. The lowest BCUT2D eigenvalue weighted by Gasteiger charge is -2.03. The van der Waals surface area contributed by atoms with Gasteiger partial charge in [0.2, 0.25) is 5.91 Å². The van der Waals surface area contributed by atoms with Gasteiger partial charge in [-0.15, -0.1) is 22.9 Å². The fraction of sp³-hybridized carbons (Fsp3) is 0.600. The molecule has 102 valence electrons. The highest BCUT2D eigenvalue weighted by Crippen LogP contribution is 2.11. The summed E-state index contributed by atoms with van der Waals surface area (Å²) < 4.78 is 22.4. The molecule has 1 N–H and O–H groups in total. The van der Waals surface area contributed by atoms with Crippen LogP contribution < -0.4 is 5.32 Å². The van der Waals surface area contributed by atoms with Crippen LogP contribution in [-0.4, -0.2) is 37.4 Å². The largest absolute Gasteiger partial charge is 0.355 e. The molecule has 5 nitrogen and oxygen atoms in total. The van der Waals surface area contributed by atoms with Crippen molar-refractivity contribution in [2.24, 2.45) is 0 Å². The van der Waals surface area contributed by atoms with Gasteiger partial charge in [-0.25, -0.2) is 13.4 Å². The second-order valence-electron chi connectivity index (χ2n) is 3.63. The number of sulfone groups is 1. The Morgan fingerprint density at radius 3 is 2.83 bits per heavy atom. The van der Waals surface area contributed by atoms with E-state index in [2.05, 4.69) is 10.3 Å². The Kier molecular flexibility index (Phi) is 6.04. The van der Waals surface area contributed by atoms with E-state index in [1.807, 2.05) is 0 Å². The predicted molar refractivity (Wildman–Crippen MR) is 72.7 cm³/mol. The van der Waals surface area contributed by atoms with Crippen LogP contribution in [0.25, 0.3) is 0 Å². The number of amides is 1. The smallest absolute Gasteiger partial charge is 0.226 e. The molecule has 0 bridgehead atoms. The number of rotatable bonds is 7. The summed E-state index contributed by atoms with van der Waals surface area (Å²) in [7, 11) is -3.03. The zero-order chi connectivity index (χ0) is 13.6. The molecule has 0 saturated carbocycles. The number of thiazole rings is 1. The van der Waals surface area contributed by atoms with E-state index >= 15 is 0 Å². The van der Waals surface area contributed by atoms with Crippen molar-refractivity contribution in [3.63, 3.8) is 0 Å². The molecular formula is C10H15ClN2O3S2. The van der Waals surface area contributed by atoms with Gasteiger partial charge in [0, 0.05) is 17.7 Å². The first-order valence-electron chi connectivity index (χ1n) is 5.43. The van der Waals surface area contributed by atoms with Crippen molar-refractivity contribution in [2.45, 2.75) is 19.2 Å². The van der Waals surface area contributed by atoms with Gasteiger partial charge in [-0.1, -0.05) is 6.92 Å². The Hall–Kier alpha value is -0.660. The van der Waals surface area contributed by atoms with E-state index in [1.165, 1.54) is 11.3 Å². The lowest BCUT2D eigenvalue weighted by atomic mass is 10.4. The fourth-order valence-corrected chi connectivity index (χ4v) is 2.90. The molecule has 0 aliphatic carbocycles. The topological polar surface area (TPSA) is 76.1 Å². The summed E-state index contributed by atoms with van der Waals surface area (Å²) in [4.78, 5) is 15.7. The zero-order valence-corrected chi connectivity index (χ0v) is 12.4. The van der Waals surface area contributed by atoms with Crippen LogP contribution in [0, 0.1) is 0 Å². The second-order valence-corrected chi connectivity index (χ2v) is 7.31. The highest BCUT2D eigenvalue weighted by Gasteiger charge is 2.10. The molecule has 0 fully saturated rings. The Balaban J connectivity index is 2.34. The van der Waals surface area contributed by atoms with Crippen LogP contribution in [0.4, 0.5) is 0 Å². The van der Waals surface area contributed by atoms with Crippen molar-refractivity contribution < 1.29 is 13.2 Å². The number of aromatic nitrogens is 1. The van der Waals surface area contributed by atoms with Crippen LogP contribution in [-0.2, 0) is 26.9 Å². The molecule has 0 aliphatic rings. The predicted octanol–water partition coefficient (Wildman–Crippen LogP) is 0.975. The lowest BCUT2D eigenvalue weighted by Crippen LogP contribution is -2.30. The Labute approximate surface area is 115 Å². The van der Waals surface area contributed by atoms with Gasteiger partial charge in [-0.2, -0.15) is 0 Å². The maximum absolute atomic E-state index is 11.5. The SMILES string of the molecule is CCS(=O)(=O)CCNC(=O)Cc1nc(CCl)cs1. The lowest BCUT2D eigenvalue weighted by molar-refractivity contribution is -0.120. The summed E-state index contributed by atoms with van der Waals surface area (Å²) in [5.41, 5.74) is 0.748. The van der Waals surface area contributed by atoms with Crippen molar-refractivity contribution >= 4 is 38.7 Å². The molecule has 8 heteroatoms. The minimum atomic E-state index is -3.03. The molecule has 0 spiro atoms. The molecule has 18 heavy (non-hydrogen) atoms. The number of nitrogens with zero attached hydrogens (tertiary/aromatic N) is 1. The van der Waals surface area contributed by atoms with Gasteiger partial charge >= 0.3 is 0 Å². The molecule has 1 amide bonds. The first-order valence-corrected chi connectivity index (χ1v) is 8.66. The average molecular weight is 311 g/mol. The van der Waals surface area contributed by atoms with E-state index in [9.17, 15) is 13.2 Å². The summed E-state index contributed by atoms with van der Waals surface area (Å²) in [5, 5.41) is 5.05. The Morgan fingerprint density at radius 2 is 2.28 bits per heavy atom. The number of hydrogen-bond donors (Lipinski definition) is 1. The minimum absolute atomic E-state index is 0.0277. The molecule has 0 atom stereocenters. The van der Waals surface area contributed by atoms with Gasteiger partial charge in [0.05, 0.1) is 23.7 Å². The van der Waals surface area contributed by atoms with E-state index in [1.54, 1.807) is 12.3 Å². The molecule has 0 saturated heterocycles. The number of nitrogens with one attached hydrogen (secondary N) is 1. The average Bonchev–Trinajstić information content (AvgIpc) is 2.76. The van der Waals surface area contributed by atoms with Gasteiger partial charge in [0.15, 0.2) is 9.84 Å². The summed E-state index contributed by atoms with van der Waals surface area (Å²) in [6, 6.07) is 0. The molecule has 0 unspecified atom stereocenters. The van der Waals surface area contributed by atoms with Crippen LogP contribution in [0.5, 0.6) is 0 Å². The molecule has 1 heterocycles. The number of carbonyl (C=O) groups is 1. The molecule has 0 aromatic carbocycles. The number of hydrogen-bond acceptors (Lipinski definition) is 5.